The number of fused-ring (bicyclic) bond motifs is 1. The fourth-order valence-corrected chi connectivity index (χ4v) is 7.07. The second kappa shape index (κ2) is 9.17. The molecule has 1 aliphatic rings. The molecule has 3 aromatic heterocycles. The average Bonchev–Trinajstić information content (AvgIpc) is 3.70. The number of nitrogens with zero attached hydrogens (tertiary/aromatic N) is 8. The zero-order chi connectivity index (χ0) is 26.5. The van der Waals surface area contributed by atoms with Crippen molar-refractivity contribution in [2.24, 2.45) is 7.05 Å². The first-order valence-electron chi connectivity index (χ1n) is 12.7. The highest BCUT2D eigenvalue weighted by atomic mass is 32.2. The highest BCUT2D eigenvalue weighted by Crippen LogP contribution is 2.42. The van der Waals surface area contributed by atoms with Crippen LogP contribution < -0.4 is 0 Å². The Balaban J connectivity index is 1.43. The van der Waals surface area contributed by atoms with Crippen LogP contribution in [0.3, 0.4) is 0 Å². The molecule has 6 rings (SSSR count). The molecule has 0 radical (unpaired) electrons. The van der Waals surface area contributed by atoms with Crippen molar-refractivity contribution in [3.63, 3.8) is 0 Å². The third-order valence-electron chi connectivity index (χ3n) is 7.56. The molecule has 5 aromatic rings. The summed E-state index contributed by atoms with van der Waals surface area (Å²) in [5.41, 5.74) is 4.94. The first kappa shape index (κ1) is 24.5. The standard InChI is InChI=1S/C27H30N8O2S/c1-4-33-18-23(16-29-33)35-25-12-20(2)24(13-22(25)15-30-35)27(14-21-8-6-5-7-9-21)10-11-34(19-27)38(36,37)26-17-28-32(3)31-26/h5-9,12-13,15-18H,4,10-11,14,19H2,1-3H3. The molecule has 0 aliphatic carbocycles. The lowest BCUT2D eigenvalue weighted by atomic mass is 9.73. The van der Waals surface area contributed by atoms with Gasteiger partial charge >= 0.3 is 0 Å². The van der Waals surface area contributed by atoms with Crippen molar-refractivity contribution in [1.82, 2.24) is 38.9 Å². The van der Waals surface area contributed by atoms with Crippen LogP contribution in [0.4, 0.5) is 0 Å². The van der Waals surface area contributed by atoms with Gasteiger partial charge in [-0.25, -0.2) is 13.1 Å². The van der Waals surface area contributed by atoms with Gasteiger partial charge in [-0.1, -0.05) is 30.3 Å². The minimum atomic E-state index is -3.76. The number of hydrogen-bond acceptors (Lipinski definition) is 6. The first-order chi connectivity index (χ1) is 18.3. The van der Waals surface area contributed by atoms with Crippen LogP contribution in [0.1, 0.15) is 30.0 Å². The summed E-state index contributed by atoms with van der Waals surface area (Å²) in [6.45, 7) is 5.73. The fourth-order valence-electron chi connectivity index (χ4n) is 5.65. The van der Waals surface area contributed by atoms with Crippen LogP contribution >= 0.6 is 0 Å². The molecule has 1 unspecified atom stereocenters. The summed E-state index contributed by atoms with van der Waals surface area (Å²) in [4.78, 5) is 1.28. The van der Waals surface area contributed by atoms with Crippen LogP contribution in [-0.2, 0) is 35.5 Å². The lowest BCUT2D eigenvalue weighted by Crippen LogP contribution is -2.36. The molecule has 1 fully saturated rings. The number of aryl methyl sites for hydroxylation is 3. The average molecular weight is 531 g/mol. The van der Waals surface area contributed by atoms with Gasteiger partial charge in [0.25, 0.3) is 10.0 Å². The Hall–Kier alpha value is -3.83. The van der Waals surface area contributed by atoms with Gasteiger partial charge in [0.15, 0.2) is 0 Å². The Morgan fingerprint density at radius 3 is 2.55 bits per heavy atom. The third kappa shape index (κ3) is 4.11. The van der Waals surface area contributed by atoms with E-state index in [1.807, 2.05) is 46.2 Å². The molecule has 0 amide bonds. The zero-order valence-corrected chi connectivity index (χ0v) is 22.5. The van der Waals surface area contributed by atoms with E-state index in [4.69, 9.17) is 0 Å². The number of hydrogen-bond donors (Lipinski definition) is 0. The molecule has 1 saturated heterocycles. The van der Waals surface area contributed by atoms with E-state index in [0.29, 0.717) is 19.5 Å². The topological polar surface area (TPSA) is 104 Å². The van der Waals surface area contributed by atoms with Gasteiger partial charge in [0, 0.05) is 37.5 Å². The molecule has 0 saturated carbocycles. The molecule has 10 nitrogen and oxygen atoms in total. The van der Waals surface area contributed by atoms with Gasteiger partial charge in [-0.05, 0) is 55.5 Å². The van der Waals surface area contributed by atoms with Gasteiger partial charge in [0.2, 0.25) is 5.03 Å². The van der Waals surface area contributed by atoms with Crippen LogP contribution in [-0.4, -0.2) is 60.4 Å². The van der Waals surface area contributed by atoms with Crippen molar-refractivity contribution in [3.05, 3.63) is 83.9 Å². The smallest absolute Gasteiger partial charge is 0.264 e. The maximum absolute atomic E-state index is 13.5. The molecule has 196 valence electrons. The van der Waals surface area contributed by atoms with E-state index in [1.54, 1.807) is 11.4 Å². The van der Waals surface area contributed by atoms with E-state index in [0.717, 1.165) is 40.7 Å². The lowest BCUT2D eigenvalue weighted by Gasteiger charge is -2.32. The predicted octanol–water partition coefficient (Wildman–Crippen LogP) is 3.25. The first-order valence-corrected chi connectivity index (χ1v) is 14.2. The Labute approximate surface area is 221 Å². The van der Waals surface area contributed by atoms with E-state index >= 15 is 0 Å². The summed E-state index contributed by atoms with van der Waals surface area (Å²) in [5.74, 6) is 0. The second-order valence-electron chi connectivity index (χ2n) is 10.0. The molecule has 4 heterocycles. The molecule has 0 bridgehead atoms. The summed E-state index contributed by atoms with van der Waals surface area (Å²) in [7, 11) is -2.14. The predicted molar refractivity (Wildman–Crippen MR) is 143 cm³/mol. The zero-order valence-electron chi connectivity index (χ0n) is 21.7. The Morgan fingerprint density at radius 2 is 1.84 bits per heavy atom. The molecular weight excluding hydrogens is 500 g/mol. The number of benzene rings is 2. The molecule has 2 aromatic carbocycles. The van der Waals surface area contributed by atoms with Crippen molar-refractivity contribution in [2.75, 3.05) is 13.1 Å². The highest BCUT2D eigenvalue weighted by molar-refractivity contribution is 7.89. The maximum Gasteiger partial charge on any atom is 0.264 e. The Morgan fingerprint density at radius 1 is 1.03 bits per heavy atom. The monoisotopic (exact) mass is 530 g/mol. The maximum atomic E-state index is 13.5. The van der Waals surface area contributed by atoms with Crippen molar-refractivity contribution in [2.45, 2.75) is 43.7 Å². The second-order valence-corrected chi connectivity index (χ2v) is 11.9. The van der Waals surface area contributed by atoms with E-state index in [-0.39, 0.29) is 5.03 Å². The van der Waals surface area contributed by atoms with E-state index in [9.17, 15) is 8.42 Å². The quantitative estimate of drug-likeness (QED) is 0.320. The van der Waals surface area contributed by atoms with Crippen LogP contribution in [0.25, 0.3) is 16.6 Å². The summed E-state index contributed by atoms with van der Waals surface area (Å²) in [6, 6.07) is 14.6. The van der Waals surface area contributed by atoms with Crippen LogP contribution in [0.15, 0.2) is 72.3 Å². The van der Waals surface area contributed by atoms with Crippen LogP contribution in [0.2, 0.25) is 0 Å². The van der Waals surface area contributed by atoms with Crippen molar-refractivity contribution < 1.29 is 8.42 Å². The van der Waals surface area contributed by atoms with E-state index in [1.165, 1.54) is 16.6 Å². The molecule has 1 atom stereocenters. The van der Waals surface area contributed by atoms with Gasteiger partial charge in [0.1, 0.15) is 5.69 Å². The molecule has 0 N–H and O–H groups in total. The normalized spacial score (nSPS) is 18.5. The van der Waals surface area contributed by atoms with Crippen LogP contribution in [0.5, 0.6) is 0 Å². The van der Waals surface area contributed by atoms with Crippen LogP contribution in [0, 0.1) is 6.92 Å². The molecule has 0 spiro atoms. The SMILES string of the molecule is CCn1cc(-n2ncc3cc(C4(Cc5ccccc5)CCN(S(=O)(=O)c5cnn(C)n5)C4)c(C)cc32)cn1. The Kier molecular flexibility index (Phi) is 5.92. The Bertz CT molecular complexity index is 1720. The van der Waals surface area contributed by atoms with Gasteiger partial charge in [-0.15, -0.1) is 5.10 Å². The molecule has 38 heavy (non-hydrogen) atoms. The molecule has 1 aliphatic heterocycles. The largest absolute Gasteiger partial charge is 0.271 e. The number of sulfonamides is 1. The fraction of sp³-hybridized carbons (Fsp3) is 0.333. The third-order valence-corrected chi connectivity index (χ3v) is 9.27. The van der Waals surface area contributed by atoms with E-state index in [2.05, 4.69) is 58.5 Å². The summed E-state index contributed by atoms with van der Waals surface area (Å²) >= 11 is 0. The lowest BCUT2D eigenvalue weighted by molar-refractivity contribution is 0.412. The number of aromatic nitrogens is 7. The van der Waals surface area contributed by atoms with Gasteiger partial charge < -0.3 is 0 Å². The summed E-state index contributed by atoms with van der Waals surface area (Å²) < 4.78 is 32.3. The van der Waals surface area contributed by atoms with Gasteiger partial charge in [-0.3, -0.25) is 4.68 Å². The van der Waals surface area contributed by atoms with Crippen molar-refractivity contribution in [3.8, 4) is 5.69 Å². The minimum Gasteiger partial charge on any atom is -0.271 e. The highest BCUT2D eigenvalue weighted by Gasteiger charge is 2.45. The summed E-state index contributed by atoms with van der Waals surface area (Å²) in [5, 5.41) is 18.1. The molecule has 11 heteroatoms. The van der Waals surface area contributed by atoms with Crippen molar-refractivity contribution >= 4 is 20.9 Å². The number of rotatable bonds is 7. The van der Waals surface area contributed by atoms with E-state index < -0.39 is 15.4 Å². The minimum absolute atomic E-state index is 0.0170. The van der Waals surface area contributed by atoms with Gasteiger partial charge in [-0.2, -0.15) is 24.4 Å². The van der Waals surface area contributed by atoms with Crippen molar-refractivity contribution in [1.29, 1.82) is 0 Å². The summed E-state index contributed by atoms with van der Waals surface area (Å²) in [6.07, 6.45) is 8.43. The molecular formula is C27H30N8O2S. The van der Waals surface area contributed by atoms with Gasteiger partial charge in [0.05, 0.1) is 30.3 Å².